The van der Waals surface area contributed by atoms with E-state index in [0.29, 0.717) is 0 Å². The predicted molar refractivity (Wildman–Crippen MR) is 76.3 cm³/mol. The average molecular weight is 290 g/mol. The van der Waals surface area contributed by atoms with E-state index in [9.17, 15) is 0 Å². The SMILES string of the molecule is CCCCC(CC)CN1CCC(CCBr)C1. The molecule has 0 aromatic carbocycles. The maximum Gasteiger partial charge on any atom is 0.00344 e. The number of rotatable bonds is 8. The molecule has 1 heterocycles. The summed E-state index contributed by atoms with van der Waals surface area (Å²) in [5.74, 6) is 1.91. The van der Waals surface area contributed by atoms with Gasteiger partial charge in [-0.2, -0.15) is 0 Å². The molecule has 0 spiro atoms. The van der Waals surface area contributed by atoms with Crippen molar-refractivity contribution in [3.63, 3.8) is 0 Å². The summed E-state index contributed by atoms with van der Waals surface area (Å²) in [5, 5.41) is 1.18. The van der Waals surface area contributed by atoms with Gasteiger partial charge in [0.15, 0.2) is 0 Å². The van der Waals surface area contributed by atoms with Crippen molar-refractivity contribution in [3.8, 4) is 0 Å². The fourth-order valence-electron chi connectivity index (χ4n) is 2.75. The number of alkyl halides is 1. The highest BCUT2D eigenvalue weighted by molar-refractivity contribution is 9.09. The van der Waals surface area contributed by atoms with Gasteiger partial charge in [-0.05, 0) is 37.6 Å². The van der Waals surface area contributed by atoms with E-state index in [1.807, 2.05) is 0 Å². The van der Waals surface area contributed by atoms with Gasteiger partial charge in [0.2, 0.25) is 0 Å². The Balaban J connectivity index is 2.20. The molecule has 1 rings (SSSR count). The Morgan fingerprint density at radius 2 is 2.19 bits per heavy atom. The first kappa shape index (κ1) is 14.5. The molecule has 0 bridgehead atoms. The third-order valence-electron chi connectivity index (χ3n) is 3.95. The third kappa shape index (κ3) is 5.18. The van der Waals surface area contributed by atoms with E-state index in [-0.39, 0.29) is 0 Å². The molecule has 0 aliphatic carbocycles. The van der Waals surface area contributed by atoms with Crippen LogP contribution in [-0.4, -0.2) is 29.9 Å². The molecule has 96 valence electrons. The maximum absolute atomic E-state index is 3.56. The molecule has 1 aliphatic rings. The van der Waals surface area contributed by atoms with Gasteiger partial charge >= 0.3 is 0 Å². The van der Waals surface area contributed by atoms with Crippen LogP contribution in [0.1, 0.15) is 52.4 Å². The summed E-state index contributed by atoms with van der Waals surface area (Å²) in [6.45, 7) is 8.71. The lowest BCUT2D eigenvalue weighted by Gasteiger charge is -2.22. The van der Waals surface area contributed by atoms with Gasteiger partial charge in [0, 0.05) is 18.4 Å². The Hall–Kier alpha value is 0.440. The highest BCUT2D eigenvalue weighted by Crippen LogP contribution is 2.23. The Morgan fingerprint density at radius 3 is 2.81 bits per heavy atom. The van der Waals surface area contributed by atoms with Crippen LogP contribution in [0.4, 0.5) is 0 Å². The summed E-state index contributed by atoms with van der Waals surface area (Å²) in [6, 6.07) is 0. The molecule has 0 radical (unpaired) electrons. The summed E-state index contributed by atoms with van der Waals surface area (Å²) in [6.07, 6.45) is 8.35. The van der Waals surface area contributed by atoms with E-state index in [4.69, 9.17) is 0 Å². The first-order valence-corrected chi connectivity index (χ1v) is 8.20. The Kier molecular flexibility index (Phi) is 7.72. The Labute approximate surface area is 110 Å². The van der Waals surface area contributed by atoms with Gasteiger partial charge in [-0.25, -0.2) is 0 Å². The zero-order valence-electron chi connectivity index (χ0n) is 11.1. The van der Waals surface area contributed by atoms with Crippen molar-refractivity contribution in [2.45, 2.75) is 52.4 Å². The van der Waals surface area contributed by atoms with Crippen LogP contribution in [0.5, 0.6) is 0 Å². The fraction of sp³-hybridized carbons (Fsp3) is 1.00. The van der Waals surface area contributed by atoms with E-state index < -0.39 is 0 Å². The fourth-order valence-corrected chi connectivity index (χ4v) is 3.40. The molecule has 2 unspecified atom stereocenters. The van der Waals surface area contributed by atoms with Crippen LogP contribution in [0.2, 0.25) is 0 Å². The van der Waals surface area contributed by atoms with Crippen molar-refractivity contribution in [1.29, 1.82) is 0 Å². The van der Waals surface area contributed by atoms with Gasteiger partial charge < -0.3 is 4.90 Å². The van der Waals surface area contributed by atoms with Crippen molar-refractivity contribution in [1.82, 2.24) is 4.90 Å². The van der Waals surface area contributed by atoms with Crippen molar-refractivity contribution in [2.75, 3.05) is 25.0 Å². The number of likely N-dealkylation sites (tertiary alicyclic amines) is 1. The smallest absolute Gasteiger partial charge is 0.00344 e. The van der Waals surface area contributed by atoms with Crippen LogP contribution in [0.25, 0.3) is 0 Å². The lowest BCUT2D eigenvalue weighted by molar-refractivity contribution is 0.252. The average Bonchev–Trinajstić information content (AvgIpc) is 2.72. The minimum absolute atomic E-state index is 0.947. The highest BCUT2D eigenvalue weighted by Gasteiger charge is 2.23. The topological polar surface area (TPSA) is 3.24 Å². The zero-order valence-corrected chi connectivity index (χ0v) is 12.6. The molecule has 1 saturated heterocycles. The first-order valence-electron chi connectivity index (χ1n) is 7.08. The lowest BCUT2D eigenvalue weighted by Crippen LogP contribution is -2.27. The molecule has 0 aromatic rings. The van der Waals surface area contributed by atoms with Crippen LogP contribution in [0, 0.1) is 11.8 Å². The second kappa shape index (κ2) is 8.52. The normalized spacial score (nSPS) is 23.8. The molecule has 16 heavy (non-hydrogen) atoms. The van der Waals surface area contributed by atoms with E-state index in [0.717, 1.165) is 11.8 Å². The monoisotopic (exact) mass is 289 g/mol. The largest absolute Gasteiger partial charge is 0.303 e. The van der Waals surface area contributed by atoms with Crippen LogP contribution in [0.3, 0.4) is 0 Å². The van der Waals surface area contributed by atoms with Gasteiger partial charge in [-0.1, -0.05) is 49.0 Å². The number of nitrogens with zero attached hydrogens (tertiary/aromatic N) is 1. The van der Waals surface area contributed by atoms with Crippen LogP contribution >= 0.6 is 15.9 Å². The van der Waals surface area contributed by atoms with E-state index in [1.54, 1.807) is 0 Å². The molecule has 0 amide bonds. The van der Waals surface area contributed by atoms with Crippen molar-refractivity contribution >= 4 is 15.9 Å². The summed E-state index contributed by atoms with van der Waals surface area (Å²) in [4.78, 5) is 2.71. The lowest BCUT2D eigenvalue weighted by atomic mass is 9.99. The van der Waals surface area contributed by atoms with Crippen molar-refractivity contribution in [2.24, 2.45) is 11.8 Å². The van der Waals surface area contributed by atoms with Crippen molar-refractivity contribution in [3.05, 3.63) is 0 Å². The summed E-state index contributed by atoms with van der Waals surface area (Å²) in [7, 11) is 0. The van der Waals surface area contributed by atoms with Crippen LogP contribution in [0.15, 0.2) is 0 Å². The minimum Gasteiger partial charge on any atom is -0.303 e. The minimum atomic E-state index is 0.947. The quantitative estimate of drug-likeness (QED) is 0.602. The standard InChI is InChI=1S/C14H28BrN/c1-3-5-6-13(4-2)11-16-10-8-14(12-16)7-9-15/h13-14H,3-12H2,1-2H3. The Morgan fingerprint density at radius 1 is 1.38 bits per heavy atom. The zero-order chi connectivity index (χ0) is 11.8. The van der Waals surface area contributed by atoms with Crippen LogP contribution in [-0.2, 0) is 0 Å². The van der Waals surface area contributed by atoms with Gasteiger partial charge in [0.25, 0.3) is 0 Å². The molecule has 2 atom stereocenters. The number of hydrogen-bond acceptors (Lipinski definition) is 1. The Bertz CT molecular complexity index is 172. The second-order valence-corrected chi connectivity index (χ2v) is 6.10. The number of hydrogen-bond donors (Lipinski definition) is 0. The molecular weight excluding hydrogens is 262 g/mol. The number of unbranched alkanes of at least 4 members (excludes halogenated alkanes) is 1. The summed E-state index contributed by atoms with van der Waals surface area (Å²) >= 11 is 3.56. The molecule has 2 heteroatoms. The van der Waals surface area contributed by atoms with Gasteiger partial charge in [-0.15, -0.1) is 0 Å². The maximum atomic E-state index is 3.56. The molecule has 0 aromatic heterocycles. The summed E-state index contributed by atoms with van der Waals surface area (Å²) in [5.41, 5.74) is 0. The predicted octanol–water partition coefficient (Wildman–Crippen LogP) is 4.31. The van der Waals surface area contributed by atoms with Gasteiger partial charge in [0.05, 0.1) is 0 Å². The second-order valence-electron chi connectivity index (χ2n) is 5.31. The first-order chi connectivity index (χ1) is 7.80. The molecule has 0 N–H and O–H groups in total. The van der Waals surface area contributed by atoms with E-state index in [2.05, 4.69) is 34.7 Å². The highest BCUT2D eigenvalue weighted by atomic mass is 79.9. The van der Waals surface area contributed by atoms with E-state index >= 15 is 0 Å². The molecule has 1 fully saturated rings. The van der Waals surface area contributed by atoms with Gasteiger partial charge in [-0.3, -0.25) is 0 Å². The van der Waals surface area contributed by atoms with Crippen LogP contribution < -0.4 is 0 Å². The van der Waals surface area contributed by atoms with Gasteiger partial charge in [0.1, 0.15) is 0 Å². The van der Waals surface area contributed by atoms with Crippen molar-refractivity contribution < 1.29 is 0 Å². The third-order valence-corrected chi connectivity index (χ3v) is 4.40. The summed E-state index contributed by atoms with van der Waals surface area (Å²) < 4.78 is 0. The molecule has 1 nitrogen and oxygen atoms in total. The number of halogens is 1. The van der Waals surface area contributed by atoms with E-state index in [1.165, 1.54) is 63.5 Å². The molecule has 1 aliphatic heterocycles. The molecular formula is C14H28BrN. The molecule has 0 saturated carbocycles.